The zero-order valence-corrected chi connectivity index (χ0v) is 18.3. The van der Waals surface area contributed by atoms with Crippen LogP contribution in [0.4, 0.5) is 11.4 Å². The summed E-state index contributed by atoms with van der Waals surface area (Å²) in [5, 5.41) is 3.71. The van der Waals surface area contributed by atoms with E-state index >= 15 is 0 Å². The lowest BCUT2D eigenvalue weighted by atomic mass is 9.80. The zero-order valence-electron chi connectivity index (χ0n) is 16.7. The average molecular weight is 449 g/mol. The van der Waals surface area contributed by atoms with Gasteiger partial charge >= 0.3 is 0 Å². The molecule has 1 N–H and O–H groups in total. The Labute approximate surface area is 180 Å². The summed E-state index contributed by atoms with van der Waals surface area (Å²) >= 11 is 3.46. The fourth-order valence-electron chi connectivity index (χ4n) is 4.36. The Morgan fingerprint density at radius 2 is 1.62 bits per heavy atom. The van der Waals surface area contributed by atoms with E-state index in [0.29, 0.717) is 5.56 Å². The van der Waals surface area contributed by atoms with Gasteiger partial charge in [0.25, 0.3) is 5.91 Å². The fraction of sp³-hybridized carbons (Fsp3) is 0.240. The number of para-hydroxylation sites is 2. The number of rotatable bonds is 4. The third-order valence-corrected chi connectivity index (χ3v) is 6.35. The number of carbonyl (C=O) groups excluding carboxylic acids is 1. The highest BCUT2D eigenvalue weighted by molar-refractivity contribution is 9.10. The molecule has 3 atom stereocenters. The topological polar surface area (TPSA) is 32.3 Å². The second-order valence-corrected chi connectivity index (χ2v) is 8.48. The van der Waals surface area contributed by atoms with Gasteiger partial charge in [0.2, 0.25) is 0 Å². The average Bonchev–Trinajstić information content (AvgIpc) is 2.76. The maximum Gasteiger partial charge on any atom is 0.258 e. The van der Waals surface area contributed by atoms with E-state index in [9.17, 15) is 4.79 Å². The molecule has 0 saturated carbocycles. The summed E-state index contributed by atoms with van der Waals surface area (Å²) in [4.78, 5) is 15.6. The maximum atomic E-state index is 13.5. The molecule has 0 fully saturated rings. The van der Waals surface area contributed by atoms with Crippen LogP contribution >= 0.6 is 15.9 Å². The van der Waals surface area contributed by atoms with Crippen LogP contribution in [0, 0.1) is 5.92 Å². The van der Waals surface area contributed by atoms with Crippen LogP contribution in [0.3, 0.4) is 0 Å². The number of carbonyl (C=O) groups is 1. The van der Waals surface area contributed by atoms with Crippen molar-refractivity contribution in [3.8, 4) is 0 Å². The predicted molar refractivity (Wildman–Crippen MR) is 123 cm³/mol. The fourth-order valence-corrected chi connectivity index (χ4v) is 4.62. The van der Waals surface area contributed by atoms with E-state index in [2.05, 4.69) is 65.4 Å². The first kappa shape index (κ1) is 19.7. The lowest BCUT2D eigenvalue weighted by Gasteiger charge is -2.45. The first-order valence-corrected chi connectivity index (χ1v) is 10.9. The molecule has 0 radical (unpaired) electrons. The molecule has 0 aliphatic carbocycles. The Bertz CT molecular complexity index is 987. The Balaban J connectivity index is 1.76. The standard InChI is InChI=1S/C25H25BrN2O/c1-3-22-17(2)24(27-20-9-5-4-6-10-20)21-11-7-8-12-23(21)28(22)25(29)18-13-15-19(26)16-14-18/h4-17,22,24,27H,3H2,1-2H3/t17-,22+,24-/m0/s1. The lowest BCUT2D eigenvalue weighted by Crippen LogP contribution is -2.50. The molecule has 1 aliphatic rings. The van der Waals surface area contributed by atoms with Crippen LogP contribution in [-0.2, 0) is 0 Å². The molecule has 1 heterocycles. The molecular weight excluding hydrogens is 424 g/mol. The number of amides is 1. The lowest BCUT2D eigenvalue weighted by molar-refractivity contribution is 0.0960. The normalized spacial score (nSPS) is 20.8. The van der Waals surface area contributed by atoms with Crippen LogP contribution in [-0.4, -0.2) is 11.9 Å². The van der Waals surface area contributed by atoms with Crippen LogP contribution in [0.1, 0.15) is 42.2 Å². The molecule has 0 bridgehead atoms. The molecule has 0 unspecified atom stereocenters. The zero-order chi connectivity index (χ0) is 20.4. The van der Waals surface area contributed by atoms with E-state index in [0.717, 1.165) is 22.3 Å². The van der Waals surface area contributed by atoms with E-state index in [1.54, 1.807) is 0 Å². The summed E-state index contributed by atoms with van der Waals surface area (Å²) in [7, 11) is 0. The molecular formula is C25H25BrN2O. The van der Waals surface area contributed by atoms with Gasteiger partial charge in [0, 0.05) is 33.4 Å². The quantitative estimate of drug-likeness (QED) is 0.482. The van der Waals surface area contributed by atoms with Crippen molar-refractivity contribution in [1.29, 1.82) is 0 Å². The second kappa shape index (κ2) is 8.42. The summed E-state index contributed by atoms with van der Waals surface area (Å²) in [6, 6.07) is 26.5. The number of hydrogen-bond acceptors (Lipinski definition) is 2. The minimum atomic E-state index is 0.0572. The van der Waals surface area contributed by atoms with E-state index in [4.69, 9.17) is 0 Å². The van der Waals surface area contributed by atoms with Gasteiger partial charge in [0.15, 0.2) is 0 Å². The van der Waals surface area contributed by atoms with Gasteiger partial charge < -0.3 is 10.2 Å². The number of benzene rings is 3. The van der Waals surface area contributed by atoms with Crippen molar-refractivity contribution in [1.82, 2.24) is 0 Å². The Kier molecular flexibility index (Phi) is 5.72. The van der Waals surface area contributed by atoms with Gasteiger partial charge in [0.1, 0.15) is 0 Å². The van der Waals surface area contributed by atoms with Crippen molar-refractivity contribution in [2.75, 3.05) is 10.2 Å². The minimum absolute atomic E-state index is 0.0572. The minimum Gasteiger partial charge on any atom is -0.378 e. The summed E-state index contributed by atoms with van der Waals surface area (Å²) < 4.78 is 0.973. The van der Waals surface area contributed by atoms with Crippen LogP contribution in [0.5, 0.6) is 0 Å². The number of hydrogen-bond donors (Lipinski definition) is 1. The molecule has 3 aromatic rings. The van der Waals surface area contributed by atoms with Crippen molar-refractivity contribution in [3.63, 3.8) is 0 Å². The summed E-state index contributed by atoms with van der Waals surface area (Å²) in [6.45, 7) is 4.41. The number of nitrogens with one attached hydrogen (secondary N) is 1. The van der Waals surface area contributed by atoms with Gasteiger partial charge in [-0.25, -0.2) is 0 Å². The number of halogens is 1. The molecule has 1 amide bonds. The third kappa shape index (κ3) is 3.82. The second-order valence-electron chi connectivity index (χ2n) is 7.56. The monoisotopic (exact) mass is 448 g/mol. The van der Waals surface area contributed by atoms with Crippen molar-refractivity contribution >= 4 is 33.2 Å². The van der Waals surface area contributed by atoms with Gasteiger partial charge in [-0.2, -0.15) is 0 Å². The predicted octanol–water partition coefficient (Wildman–Crippen LogP) is 6.68. The van der Waals surface area contributed by atoms with E-state index in [1.807, 2.05) is 53.4 Å². The summed E-state index contributed by atoms with van der Waals surface area (Å²) in [6.07, 6.45) is 0.894. The summed E-state index contributed by atoms with van der Waals surface area (Å²) in [5.41, 5.74) is 3.97. The highest BCUT2D eigenvalue weighted by Crippen LogP contribution is 2.43. The molecule has 4 heteroatoms. The first-order valence-electron chi connectivity index (χ1n) is 10.1. The van der Waals surface area contributed by atoms with E-state index in [1.165, 1.54) is 5.56 Å². The van der Waals surface area contributed by atoms with Crippen LogP contribution < -0.4 is 10.2 Å². The van der Waals surface area contributed by atoms with Crippen molar-refractivity contribution < 1.29 is 4.79 Å². The van der Waals surface area contributed by atoms with Gasteiger partial charge in [-0.05, 0) is 54.4 Å². The Morgan fingerprint density at radius 3 is 2.31 bits per heavy atom. The number of anilines is 2. The Hall–Kier alpha value is -2.59. The van der Waals surface area contributed by atoms with Crippen LogP contribution in [0.25, 0.3) is 0 Å². The van der Waals surface area contributed by atoms with Crippen molar-refractivity contribution in [2.45, 2.75) is 32.4 Å². The molecule has 0 spiro atoms. The number of nitrogens with zero attached hydrogens (tertiary/aromatic N) is 1. The largest absolute Gasteiger partial charge is 0.378 e. The SMILES string of the molecule is CC[C@@H]1[C@H](C)[C@H](Nc2ccccc2)c2ccccc2N1C(=O)c1ccc(Br)cc1. The molecule has 1 aliphatic heterocycles. The molecule has 3 nitrogen and oxygen atoms in total. The third-order valence-electron chi connectivity index (χ3n) is 5.82. The van der Waals surface area contributed by atoms with Gasteiger partial charge in [-0.3, -0.25) is 4.79 Å². The van der Waals surface area contributed by atoms with E-state index < -0.39 is 0 Å². The molecule has 0 saturated heterocycles. The van der Waals surface area contributed by atoms with Crippen molar-refractivity contribution in [3.05, 3.63) is 94.5 Å². The smallest absolute Gasteiger partial charge is 0.258 e. The Morgan fingerprint density at radius 1 is 0.966 bits per heavy atom. The van der Waals surface area contributed by atoms with Crippen LogP contribution in [0.15, 0.2) is 83.3 Å². The van der Waals surface area contributed by atoms with Gasteiger partial charge in [0.05, 0.1) is 6.04 Å². The van der Waals surface area contributed by atoms with Gasteiger partial charge in [-0.1, -0.05) is 66.2 Å². The highest BCUT2D eigenvalue weighted by atomic mass is 79.9. The molecule has 148 valence electrons. The summed E-state index contributed by atoms with van der Waals surface area (Å²) in [5.74, 6) is 0.316. The van der Waals surface area contributed by atoms with Gasteiger partial charge in [-0.15, -0.1) is 0 Å². The first-order chi connectivity index (χ1) is 14.1. The molecule has 3 aromatic carbocycles. The molecule has 4 rings (SSSR count). The van der Waals surface area contributed by atoms with Crippen molar-refractivity contribution in [2.24, 2.45) is 5.92 Å². The molecule has 0 aromatic heterocycles. The van der Waals surface area contributed by atoms with E-state index in [-0.39, 0.29) is 23.9 Å². The highest BCUT2D eigenvalue weighted by Gasteiger charge is 2.40. The van der Waals surface area contributed by atoms with Crippen LogP contribution in [0.2, 0.25) is 0 Å². The number of fused-ring (bicyclic) bond motifs is 1. The maximum absolute atomic E-state index is 13.5. The molecule has 29 heavy (non-hydrogen) atoms.